The van der Waals surface area contributed by atoms with Crippen LogP contribution in [-0.2, 0) is 11.2 Å². The molecular formula is C14H22O3. The van der Waals surface area contributed by atoms with Crippen LogP contribution >= 0.6 is 0 Å². The van der Waals surface area contributed by atoms with Crippen molar-refractivity contribution in [3.63, 3.8) is 0 Å². The molecule has 0 heterocycles. The van der Waals surface area contributed by atoms with E-state index in [4.69, 9.17) is 9.47 Å². The van der Waals surface area contributed by atoms with Crippen LogP contribution in [0.3, 0.4) is 0 Å². The molecule has 0 saturated carbocycles. The number of hydrogen-bond acceptors (Lipinski definition) is 3. The van der Waals surface area contributed by atoms with Crippen molar-refractivity contribution in [3.8, 4) is 5.75 Å². The zero-order valence-corrected chi connectivity index (χ0v) is 10.7. The lowest BCUT2D eigenvalue weighted by Gasteiger charge is -2.13. The van der Waals surface area contributed by atoms with Crippen LogP contribution < -0.4 is 4.74 Å². The van der Waals surface area contributed by atoms with Crippen molar-refractivity contribution in [1.29, 1.82) is 0 Å². The molecule has 1 atom stereocenters. The first-order valence-electron chi connectivity index (χ1n) is 6.15. The van der Waals surface area contributed by atoms with Gasteiger partial charge in [-0.15, -0.1) is 0 Å². The number of aliphatic hydroxyl groups excluding tert-OH is 1. The summed E-state index contributed by atoms with van der Waals surface area (Å²) in [7, 11) is 1.64. The molecule has 96 valence electrons. The maximum Gasteiger partial charge on any atom is 0.122 e. The van der Waals surface area contributed by atoms with E-state index in [0.717, 1.165) is 30.8 Å². The highest BCUT2D eigenvalue weighted by Gasteiger charge is 2.09. The van der Waals surface area contributed by atoms with Gasteiger partial charge in [-0.05, 0) is 18.1 Å². The molecule has 1 N–H and O–H groups in total. The van der Waals surface area contributed by atoms with Crippen LogP contribution in [0, 0.1) is 0 Å². The zero-order valence-electron chi connectivity index (χ0n) is 10.7. The minimum atomic E-state index is -0.469. The molecule has 0 radical (unpaired) electrons. The highest BCUT2D eigenvalue weighted by molar-refractivity contribution is 5.33. The zero-order chi connectivity index (χ0) is 12.5. The lowest BCUT2D eigenvalue weighted by molar-refractivity contribution is 0.0357. The van der Waals surface area contributed by atoms with Crippen LogP contribution in [0.2, 0.25) is 0 Å². The van der Waals surface area contributed by atoms with Gasteiger partial charge in [0.25, 0.3) is 0 Å². The van der Waals surface area contributed by atoms with Crippen molar-refractivity contribution in [2.75, 3.05) is 20.3 Å². The molecule has 3 heteroatoms. The molecule has 0 spiro atoms. The molecule has 0 bridgehead atoms. The molecule has 0 aromatic heterocycles. The van der Waals surface area contributed by atoms with Crippen LogP contribution in [0.4, 0.5) is 0 Å². The van der Waals surface area contributed by atoms with E-state index in [0.29, 0.717) is 13.0 Å². The molecule has 1 rings (SSSR count). The van der Waals surface area contributed by atoms with E-state index >= 15 is 0 Å². The summed E-state index contributed by atoms with van der Waals surface area (Å²) < 4.78 is 10.6. The van der Waals surface area contributed by atoms with Gasteiger partial charge in [-0.25, -0.2) is 0 Å². The largest absolute Gasteiger partial charge is 0.496 e. The van der Waals surface area contributed by atoms with Crippen molar-refractivity contribution >= 4 is 0 Å². The maximum absolute atomic E-state index is 9.84. The van der Waals surface area contributed by atoms with Gasteiger partial charge in [0, 0.05) is 13.0 Å². The fraction of sp³-hybridized carbons (Fsp3) is 0.571. The van der Waals surface area contributed by atoms with E-state index in [1.165, 1.54) is 0 Å². The van der Waals surface area contributed by atoms with Crippen LogP contribution in [0.15, 0.2) is 24.3 Å². The standard InChI is InChI=1S/C14H22O3/c1-3-4-9-17-11-13(15)10-12-7-5-6-8-14(12)16-2/h5-8,13,15H,3-4,9-11H2,1-2H3/t13-/m0/s1. The highest BCUT2D eigenvalue weighted by atomic mass is 16.5. The molecule has 0 aliphatic heterocycles. The first-order chi connectivity index (χ1) is 8.27. The third kappa shape index (κ3) is 5.20. The number of para-hydroxylation sites is 1. The van der Waals surface area contributed by atoms with Crippen molar-refractivity contribution in [3.05, 3.63) is 29.8 Å². The summed E-state index contributed by atoms with van der Waals surface area (Å²) in [6.45, 7) is 3.23. The van der Waals surface area contributed by atoms with Crippen molar-refractivity contribution < 1.29 is 14.6 Å². The average molecular weight is 238 g/mol. The number of hydrogen-bond donors (Lipinski definition) is 1. The van der Waals surface area contributed by atoms with Gasteiger partial charge in [0.1, 0.15) is 5.75 Å². The van der Waals surface area contributed by atoms with Crippen LogP contribution in [0.5, 0.6) is 5.75 Å². The summed E-state index contributed by atoms with van der Waals surface area (Å²) in [5.41, 5.74) is 1.02. The first kappa shape index (κ1) is 14.0. The number of benzene rings is 1. The molecule has 1 aromatic rings. The third-order valence-corrected chi connectivity index (χ3v) is 2.60. The molecule has 17 heavy (non-hydrogen) atoms. The second-order valence-corrected chi connectivity index (χ2v) is 4.10. The molecule has 0 saturated heterocycles. The average Bonchev–Trinajstić information content (AvgIpc) is 2.35. The Morgan fingerprint density at radius 1 is 1.29 bits per heavy atom. The molecule has 3 nitrogen and oxygen atoms in total. The van der Waals surface area contributed by atoms with Gasteiger partial charge < -0.3 is 14.6 Å². The summed E-state index contributed by atoms with van der Waals surface area (Å²) in [4.78, 5) is 0. The van der Waals surface area contributed by atoms with Gasteiger partial charge in [-0.2, -0.15) is 0 Å². The summed E-state index contributed by atoms with van der Waals surface area (Å²) in [5.74, 6) is 0.820. The topological polar surface area (TPSA) is 38.7 Å². The quantitative estimate of drug-likeness (QED) is 0.707. The molecule has 0 aliphatic rings. The number of unbranched alkanes of at least 4 members (excludes halogenated alkanes) is 1. The van der Waals surface area contributed by atoms with Gasteiger partial charge in [0.2, 0.25) is 0 Å². The Labute approximate surface area is 103 Å². The van der Waals surface area contributed by atoms with E-state index in [2.05, 4.69) is 6.92 Å². The number of methoxy groups -OCH3 is 1. The van der Waals surface area contributed by atoms with Gasteiger partial charge >= 0.3 is 0 Å². The number of ether oxygens (including phenoxy) is 2. The second-order valence-electron chi connectivity index (χ2n) is 4.10. The summed E-state index contributed by atoms with van der Waals surface area (Å²) in [6, 6.07) is 7.74. The Balaban J connectivity index is 2.36. The van der Waals surface area contributed by atoms with Crippen molar-refractivity contribution in [2.45, 2.75) is 32.3 Å². The minimum absolute atomic E-state index is 0.387. The summed E-state index contributed by atoms with van der Waals surface area (Å²) >= 11 is 0. The Bertz CT molecular complexity index is 312. The van der Waals surface area contributed by atoms with Crippen LogP contribution in [-0.4, -0.2) is 31.5 Å². The van der Waals surface area contributed by atoms with Gasteiger partial charge in [-0.1, -0.05) is 31.5 Å². The fourth-order valence-electron chi connectivity index (χ4n) is 1.65. The van der Waals surface area contributed by atoms with E-state index in [9.17, 15) is 5.11 Å². The monoisotopic (exact) mass is 238 g/mol. The third-order valence-electron chi connectivity index (χ3n) is 2.60. The molecule has 0 amide bonds. The van der Waals surface area contributed by atoms with Gasteiger partial charge in [0.15, 0.2) is 0 Å². The van der Waals surface area contributed by atoms with Crippen LogP contribution in [0.1, 0.15) is 25.3 Å². The fourth-order valence-corrected chi connectivity index (χ4v) is 1.65. The normalized spacial score (nSPS) is 12.4. The number of rotatable bonds is 8. The van der Waals surface area contributed by atoms with Crippen molar-refractivity contribution in [2.24, 2.45) is 0 Å². The smallest absolute Gasteiger partial charge is 0.122 e. The van der Waals surface area contributed by atoms with Gasteiger partial charge in [0.05, 0.1) is 19.8 Å². The van der Waals surface area contributed by atoms with E-state index in [1.54, 1.807) is 7.11 Å². The predicted molar refractivity (Wildman–Crippen MR) is 68.4 cm³/mol. The minimum Gasteiger partial charge on any atom is -0.496 e. The molecule has 0 unspecified atom stereocenters. The Hall–Kier alpha value is -1.06. The summed E-state index contributed by atoms with van der Waals surface area (Å²) in [5, 5.41) is 9.84. The Kier molecular flexibility index (Phi) is 6.67. The van der Waals surface area contributed by atoms with Gasteiger partial charge in [-0.3, -0.25) is 0 Å². The lowest BCUT2D eigenvalue weighted by Crippen LogP contribution is -2.18. The molecular weight excluding hydrogens is 216 g/mol. The van der Waals surface area contributed by atoms with E-state index in [1.807, 2.05) is 24.3 Å². The summed E-state index contributed by atoms with van der Waals surface area (Å²) in [6.07, 6.45) is 2.25. The SMILES string of the molecule is CCCCOC[C@@H](O)Cc1ccccc1OC. The lowest BCUT2D eigenvalue weighted by atomic mass is 10.1. The second kappa shape index (κ2) is 8.09. The maximum atomic E-state index is 9.84. The molecule has 0 fully saturated rings. The Morgan fingerprint density at radius 3 is 2.76 bits per heavy atom. The van der Waals surface area contributed by atoms with Crippen LogP contribution in [0.25, 0.3) is 0 Å². The predicted octanol–water partition coefficient (Wildman–Crippen LogP) is 2.42. The van der Waals surface area contributed by atoms with E-state index < -0.39 is 6.10 Å². The molecule has 1 aromatic carbocycles. The molecule has 0 aliphatic carbocycles. The Morgan fingerprint density at radius 2 is 2.06 bits per heavy atom. The first-order valence-corrected chi connectivity index (χ1v) is 6.15. The van der Waals surface area contributed by atoms with Crippen molar-refractivity contribution in [1.82, 2.24) is 0 Å². The van der Waals surface area contributed by atoms with E-state index in [-0.39, 0.29) is 0 Å². The highest BCUT2D eigenvalue weighted by Crippen LogP contribution is 2.18. The number of aliphatic hydroxyl groups is 1.